The highest BCUT2D eigenvalue weighted by atomic mass is 35.5. The quantitative estimate of drug-likeness (QED) is 0.468. The third-order valence-electron chi connectivity index (χ3n) is 6.42. The highest BCUT2D eigenvalue weighted by molar-refractivity contribution is 6.30. The Balaban J connectivity index is 1.27. The number of carbonyl (C=O) groups excluding carboxylic acids is 2. The number of halogens is 2. The Morgan fingerprint density at radius 3 is 2.67 bits per heavy atom. The van der Waals surface area contributed by atoms with Crippen LogP contribution in [0.2, 0.25) is 5.02 Å². The second kappa shape index (κ2) is 11.8. The highest BCUT2D eigenvalue weighted by Crippen LogP contribution is 2.33. The van der Waals surface area contributed by atoms with Gasteiger partial charge in [0.1, 0.15) is 18.2 Å². The molecule has 1 aliphatic heterocycles. The van der Waals surface area contributed by atoms with Crippen LogP contribution in [-0.2, 0) is 9.59 Å². The standard InChI is InChI=1S/C26H30ClFN2O6/c27-19-9-8-18(12-20(19)28)34-16-24(32)30-26(10-4-1-5-11-26)13-17(31)14-29-25(33)23-15-35-21-6-2-3-7-22(21)36-23/h2-3,6-9,12,17,23,31H,1,4-5,10-11,13-16H2,(H,29,33)(H,30,32)/t17-,23?/m0/s1. The van der Waals surface area contributed by atoms with Crippen molar-refractivity contribution in [1.29, 1.82) is 0 Å². The van der Waals surface area contributed by atoms with Gasteiger partial charge in [0.25, 0.3) is 11.8 Å². The second-order valence-corrected chi connectivity index (χ2v) is 9.63. The summed E-state index contributed by atoms with van der Waals surface area (Å²) in [5.74, 6) is -0.0932. The second-order valence-electron chi connectivity index (χ2n) is 9.22. The van der Waals surface area contributed by atoms with Crippen LogP contribution >= 0.6 is 11.6 Å². The summed E-state index contributed by atoms with van der Waals surface area (Å²) in [6.07, 6.45) is 2.86. The molecule has 8 nitrogen and oxygen atoms in total. The zero-order valence-electron chi connectivity index (χ0n) is 19.8. The average Bonchev–Trinajstić information content (AvgIpc) is 2.88. The van der Waals surface area contributed by atoms with Gasteiger partial charge in [-0.05, 0) is 43.5 Å². The number of hydrogen-bond acceptors (Lipinski definition) is 6. The van der Waals surface area contributed by atoms with Gasteiger partial charge in [0, 0.05) is 18.2 Å². The van der Waals surface area contributed by atoms with Crippen molar-refractivity contribution in [2.75, 3.05) is 19.8 Å². The van der Waals surface area contributed by atoms with Crippen LogP contribution in [0.3, 0.4) is 0 Å². The van der Waals surface area contributed by atoms with Crippen molar-refractivity contribution in [2.45, 2.75) is 56.3 Å². The SMILES string of the molecule is O=C(COc1ccc(Cl)c(F)c1)NC1(C[C@H](O)CNC(=O)C2COc3ccccc3O2)CCCCC1. The third-order valence-corrected chi connectivity index (χ3v) is 6.72. The van der Waals surface area contributed by atoms with E-state index in [4.69, 9.17) is 25.8 Å². The molecule has 4 rings (SSSR count). The van der Waals surface area contributed by atoms with Gasteiger partial charge in [0.15, 0.2) is 18.1 Å². The number of nitrogens with one attached hydrogen (secondary N) is 2. The number of hydrogen-bond donors (Lipinski definition) is 3. The average molecular weight is 521 g/mol. The lowest BCUT2D eigenvalue weighted by atomic mass is 9.77. The third kappa shape index (κ3) is 6.79. The van der Waals surface area contributed by atoms with E-state index in [-0.39, 0.29) is 48.8 Å². The molecular weight excluding hydrogens is 491 g/mol. The van der Waals surface area contributed by atoms with E-state index >= 15 is 0 Å². The Hall–Kier alpha value is -3.04. The van der Waals surface area contributed by atoms with E-state index in [0.717, 1.165) is 25.3 Å². The monoisotopic (exact) mass is 520 g/mol. The molecule has 1 unspecified atom stereocenters. The van der Waals surface area contributed by atoms with Gasteiger partial charge in [0.2, 0.25) is 6.10 Å². The largest absolute Gasteiger partial charge is 0.485 e. The Kier molecular flexibility index (Phi) is 8.53. The van der Waals surface area contributed by atoms with E-state index < -0.39 is 23.6 Å². The zero-order valence-corrected chi connectivity index (χ0v) is 20.6. The first-order valence-electron chi connectivity index (χ1n) is 12.1. The van der Waals surface area contributed by atoms with Gasteiger partial charge < -0.3 is 30.0 Å². The number of aliphatic hydroxyl groups excluding tert-OH is 1. The molecule has 0 radical (unpaired) electrons. The summed E-state index contributed by atoms with van der Waals surface area (Å²) < 4.78 is 30.3. The Morgan fingerprint density at radius 2 is 1.92 bits per heavy atom. The minimum atomic E-state index is -0.879. The molecule has 0 aromatic heterocycles. The van der Waals surface area contributed by atoms with Crippen LogP contribution in [0.1, 0.15) is 38.5 Å². The van der Waals surface area contributed by atoms with E-state index in [1.54, 1.807) is 18.2 Å². The molecule has 36 heavy (non-hydrogen) atoms. The van der Waals surface area contributed by atoms with Crippen LogP contribution in [0, 0.1) is 5.82 Å². The fourth-order valence-electron chi connectivity index (χ4n) is 4.66. The molecule has 1 aliphatic carbocycles. The molecule has 2 aromatic rings. The number of amides is 2. The maximum absolute atomic E-state index is 13.6. The molecule has 2 aliphatic rings. The zero-order chi connectivity index (χ0) is 25.5. The number of para-hydroxylation sites is 2. The van der Waals surface area contributed by atoms with E-state index in [1.807, 2.05) is 6.07 Å². The molecule has 0 saturated heterocycles. The van der Waals surface area contributed by atoms with E-state index in [0.29, 0.717) is 24.3 Å². The molecule has 194 valence electrons. The van der Waals surface area contributed by atoms with Crippen molar-refractivity contribution in [3.8, 4) is 17.2 Å². The van der Waals surface area contributed by atoms with Gasteiger partial charge >= 0.3 is 0 Å². The summed E-state index contributed by atoms with van der Waals surface area (Å²) in [4.78, 5) is 25.2. The first-order valence-corrected chi connectivity index (χ1v) is 12.4. The molecule has 3 N–H and O–H groups in total. The fraction of sp³-hybridized carbons (Fsp3) is 0.462. The van der Waals surface area contributed by atoms with Crippen molar-refractivity contribution >= 4 is 23.4 Å². The molecule has 2 aromatic carbocycles. The summed E-state index contributed by atoms with van der Waals surface area (Å²) in [6, 6.07) is 11.1. The smallest absolute Gasteiger partial charge is 0.264 e. The van der Waals surface area contributed by atoms with Crippen LogP contribution in [0.4, 0.5) is 4.39 Å². The Labute approximate surface area is 214 Å². The minimum absolute atomic E-state index is 0.0124. The number of aliphatic hydroxyl groups is 1. The lowest BCUT2D eigenvalue weighted by Gasteiger charge is -2.39. The predicted molar refractivity (Wildman–Crippen MR) is 131 cm³/mol. The molecule has 1 fully saturated rings. The van der Waals surface area contributed by atoms with Crippen LogP contribution < -0.4 is 24.8 Å². The molecule has 2 atom stereocenters. The van der Waals surface area contributed by atoms with Crippen molar-refractivity contribution < 1.29 is 33.3 Å². The van der Waals surface area contributed by atoms with Gasteiger partial charge in [-0.15, -0.1) is 0 Å². The van der Waals surface area contributed by atoms with Gasteiger partial charge in [0.05, 0.1) is 11.1 Å². The van der Waals surface area contributed by atoms with Gasteiger partial charge in [-0.2, -0.15) is 0 Å². The molecular formula is C26H30ClFN2O6. The maximum atomic E-state index is 13.6. The topological polar surface area (TPSA) is 106 Å². The first-order chi connectivity index (χ1) is 17.3. The molecule has 1 saturated carbocycles. The number of rotatable bonds is 9. The van der Waals surface area contributed by atoms with Crippen molar-refractivity contribution in [3.63, 3.8) is 0 Å². The molecule has 0 bridgehead atoms. The molecule has 2 amide bonds. The fourth-order valence-corrected chi connectivity index (χ4v) is 4.78. The summed E-state index contributed by atoms with van der Waals surface area (Å²) in [7, 11) is 0. The summed E-state index contributed by atoms with van der Waals surface area (Å²) in [5.41, 5.74) is -0.614. The van der Waals surface area contributed by atoms with E-state index in [9.17, 15) is 19.1 Å². The number of fused-ring (bicyclic) bond motifs is 1. The van der Waals surface area contributed by atoms with Crippen molar-refractivity contribution in [2.24, 2.45) is 0 Å². The Bertz CT molecular complexity index is 1080. The lowest BCUT2D eigenvalue weighted by Crippen LogP contribution is -2.54. The first kappa shape index (κ1) is 26.0. The normalized spacial score (nSPS) is 19.1. The summed E-state index contributed by atoms with van der Waals surface area (Å²) in [5, 5.41) is 16.4. The van der Waals surface area contributed by atoms with Gasteiger partial charge in [-0.3, -0.25) is 9.59 Å². The van der Waals surface area contributed by atoms with Crippen LogP contribution in [-0.4, -0.2) is 54.4 Å². The maximum Gasteiger partial charge on any atom is 0.264 e. The molecule has 1 heterocycles. The van der Waals surface area contributed by atoms with Crippen LogP contribution in [0.25, 0.3) is 0 Å². The van der Waals surface area contributed by atoms with E-state index in [1.165, 1.54) is 12.1 Å². The number of benzene rings is 2. The summed E-state index contributed by atoms with van der Waals surface area (Å²) in [6.45, 7) is -0.203. The molecule has 0 spiro atoms. The highest BCUT2D eigenvalue weighted by Gasteiger charge is 2.36. The lowest BCUT2D eigenvalue weighted by molar-refractivity contribution is -0.131. The minimum Gasteiger partial charge on any atom is -0.485 e. The van der Waals surface area contributed by atoms with Crippen molar-refractivity contribution in [1.82, 2.24) is 10.6 Å². The van der Waals surface area contributed by atoms with E-state index in [2.05, 4.69) is 10.6 Å². The van der Waals surface area contributed by atoms with Crippen LogP contribution in [0.15, 0.2) is 42.5 Å². The number of carbonyl (C=O) groups is 2. The predicted octanol–water partition coefficient (Wildman–Crippen LogP) is 3.38. The van der Waals surface area contributed by atoms with Crippen LogP contribution in [0.5, 0.6) is 17.2 Å². The molecule has 10 heteroatoms. The van der Waals surface area contributed by atoms with Crippen molar-refractivity contribution in [3.05, 3.63) is 53.3 Å². The Morgan fingerprint density at radius 1 is 1.17 bits per heavy atom. The summed E-state index contributed by atoms with van der Waals surface area (Å²) >= 11 is 5.68. The van der Waals surface area contributed by atoms with Gasteiger partial charge in [-0.1, -0.05) is 43.0 Å². The number of ether oxygens (including phenoxy) is 3. The van der Waals surface area contributed by atoms with Gasteiger partial charge in [-0.25, -0.2) is 4.39 Å².